The number of rotatable bonds is 31. The van der Waals surface area contributed by atoms with Crippen molar-refractivity contribution in [1.29, 1.82) is 0 Å². The van der Waals surface area contributed by atoms with E-state index >= 15 is 0 Å². The van der Waals surface area contributed by atoms with Gasteiger partial charge in [0.15, 0.2) is 0 Å². The van der Waals surface area contributed by atoms with E-state index in [-0.39, 0.29) is 0 Å². The highest BCUT2D eigenvalue weighted by atomic mass is 14.1. The van der Waals surface area contributed by atoms with Crippen molar-refractivity contribution in [3.8, 4) is 0 Å². The summed E-state index contributed by atoms with van der Waals surface area (Å²) >= 11 is 0. The van der Waals surface area contributed by atoms with Gasteiger partial charge in [-0.25, -0.2) is 0 Å². The van der Waals surface area contributed by atoms with Crippen LogP contribution in [0.15, 0.2) is 48.6 Å². The lowest BCUT2D eigenvalue weighted by atomic mass is 9.92. The van der Waals surface area contributed by atoms with Crippen LogP contribution in [0, 0.1) is 5.92 Å². The Morgan fingerprint density at radius 1 is 0.333 bits per heavy atom. The Labute approximate surface area is 248 Å². The van der Waals surface area contributed by atoms with Gasteiger partial charge in [0.1, 0.15) is 0 Å². The van der Waals surface area contributed by atoms with E-state index in [1.807, 2.05) is 0 Å². The van der Waals surface area contributed by atoms with Gasteiger partial charge in [-0.1, -0.05) is 179 Å². The molecule has 0 amide bonds. The van der Waals surface area contributed by atoms with Crippen LogP contribution in [0.2, 0.25) is 0 Å². The van der Waals surface area contributed by atoms with E-state index in [1.165, 1.54) is 161 Å². The summed E-state index contributed by atoms with van der Waals surface area (Å²) < 4.78 is 0. The van der Waals surface area contributed by atoms with E-state index < -0.39 is 0 Å². The predicted octanol–water partition coefficient (Wildman–Crippen LogP) is 14.4. The van der Waals surface area contributed by atoms with E-state index in [4.69, 9.17) is 0 Å². The molecule has 0 saturated carbocycles. The third-order valence-corrected chi connectivity index (χ3v) is 8.20. The van der Waals surface area contributed by atoms with Gasteiger partial charge in [-0.05, 0) is 70.1 Å². The highest BCUT2D eigenvalue weighted by Gasteiger charge is 2.05. The Hall–Kier alpha value is -1.04. The molecule has 0 aliphatic heterocycles. The Balaban J connectivity index is 3.41. The Morgan fingerprint density at radius 2 is 0.641 bits per heavy atom. The molecule has 0 N–H and O–H groups in total. The summed E-state index contributed by atoms with van der Waals surface area (Å²) in [6.07, 6.45) is 55.9. The fraction of sp³-hybridized carbons (Fsp3) is 0.795. The average molecular weight is 541 g/mol. The van der Waals surface area contributed by atoms with Gasteiger partial charge in [0.2, 0.25) is 0 Å². The van der Waals surface area contributed by atoms with E-state index in [9.17, 15) is 0 Å². The smallest absolute Gasteiger partial charge is 0.0169 e. The van der Waals surface area contributed by atoms with Crippen LogP contribution < -0.4 is 0 Å². The minimum atomic E-state index is 0.988. The maximum atomic E-state index is 2.41. The van der Waals surface area contributed by atoms with Crippen LogP contribution in [0.5, 0.6) is 0 Å². The highest BCUT2D eigenvalue weighted by molar-refractivity contribution is 4.93. The van der Waals surface area contributed by atoms with Crippen molar-refractivity contribution in [1.82, 2.24) is 0 Å². The van der Waals surface area contributed by atoms with E-state index in [0.717, 1.165) is 18.8 Å². The quantitative estimate of drug-likeness (QED) is 0.0605. The minimum absolute atomic E-state index is 0.988. The molecule has 0 aromatic carbocycles. The van der Waals surface area contributed by atoms with Gasteiger partial charge < -0.3 is 0 Å². The number of hydrogen-bond acceptors (Lipinski definition) is 0. The summed E-state index contributed by atoms with van der Waals surface area (Å²) in [7, 11) is 0. The molecule has 0 heteroatoms. The molecular formula is C39H72. The third-order valence-electron chi connectivity index (χ3n) is 8.20. The van der Waals surface area contributed by atoms with Crippen molar-refractivity contribution >= 4 is 0 Å². The zero-order valence-corrected chi connectivity index (χ0v) is 27.3. The molecule has 0 unspecified atom stereocenters. The third kappa shape index (κ3) is 33.1. The van der Waals surface area contributed by atoms with Crippen LogP contribution >= 0.6 is 0 Å². The maximum absolute atomic E-state index is 2.41. The van der Waals surface area contributed by atoms with Crippen molar-refractivity contribution in [2.24, 2.45) is 5.92 Å². The lowest BCUT2D eigenvalue weighted by Crippen LogP contribution is -1.99. The minimum Gasteiger partial charge on any atom is -0.0882 e. The van der Waals surface area contributed by atoms with Gasteiger partial charge in [-0.2, -0.15) is 0 Å². The second-order valence-electron chi connectivity index (χ2n) is 12.0. The van der Waals surface area contributed by atoms with Crippen LogP contribution in [0.1, 0.15) is 194 Å². The first-order chi connectivity index (χ1) is 19.3. The zero-order chi connectivity index (χ0) is 28.3. The second kappa shape index (κ2) is 35.0. The van der Waals surface area contributed by atoms with Crippen LogP contribution in [0.4, 0.5) is 0 Å². The van der Waals surface area contributed by atoms with Crippen LogP contribution in [-0.4, -0.2) is 0 Å². The van der Waals surface area contributed by atoms with E-state index in [1.54, 1.807) is 0 Å². The molecule has 39 heavy (non-hydrogen) atoms. The molecule has 0 aliphatic carbocycles. The largest absolute Gasteiger partial charge is 0.0882 e. The Morgan fingerprint density at radius 3 is 0.974 bits per heavy atom. The Kier molecular flexibility index (Phi) is 34.1. The second-order valence-corrected chi connectivity index (χ2v) is 12.0. The summed E-state index contributed by atoms with van der Waals surface area (Å²) in [5.74, 6) is 0.988. The first kappa shape index (κ1) is 38.0. The van der Waals surface area contributed by atoms with Crippen molar-refractivity contribution < 1.29 is 0 Å². The SMILES string of the molecule is CCCCC/C=C\C/C=C\CCCCCCCCC(CC)CCCCCCCC/C=C\C/C=C\CCCCC. The van der Waals surface area contributed by atoms with Crippen LogP contribution in [-0.2, 0) is 0 Å². The molecule has 0 saturated heterocycles. The lowest BCUT2D eigenvalue weighted by Gasteiger charge is -2.14. The summed E-state index contributed by atoms with van der Waals surface area (Å²) in [6, 6.07) is 0. The molecule has 0 atom stereocenters. The van der Waals surface area contributed by atoms with E-state index in [2.05, 4.69) is 69.4 Å². The zero-order valence-electron chi connectivity index (χ0n) is 27.3. The standard InChI is InChI=1S/C39H72/c1-4-7-9-11-13-15-17-19-21-23-25-27-29-31-33-35-37-39(6-3)38-36-34-32-30-28-26-24-22-20-18-16-14-12-10-8-5-2/h13-16,19-22,39H,4-12,17-18,23-38H2,1-3H3/b15-13-,16-14-,21-19-,22-20-. The number of hydrogen-bond donors (Lipinski definition) is 0. The average Bonchev–Trinajstić information content (AvgIpc) is 2.95. The molecule has 0 aliphatic rings. The molecule has 0 aromatic rings. The van der Waals surface area contributed by atoms with Crippen molar-refractivity contribution in [3.63, 3.8) is 0 Å². The van der Waals surface area contributed by atoms with Gasteiger partial charge >= 0.3 is 0 Å². The summed E-state index contributed by atoms with van der Waals surface area (Å²) in [5.41, 5.74) is 0. The van der Waals surface area contributed by atoms with Crippen LogP contribution in [0.3, 0.4) is 0 Å². The highest BCUT2D eigenvalue weighted by Crippen LogP contribution is 2.22. The van der Waals surface area contributed by atoms with E-state index in [0.29, 0.717) is 0 Å². The van der Waals surface area contributed by atoms with Crippen LogP contribution in [0.25, 0.3) is 0 Å². The van der Waals surface area contributed by atoms with Gasteiger partial charge in [-0.15, -0.1) is 0 Å². The van der Waals surface area contributed by atoms with Crippen molar-refractivity contribution in [3.05, 3.63) is 48.6 Å². The van der Waals surface area contributed by atoms with Gasteiger partial charge in [0.05, 0.1) is 0 Å². The first-order valence-electron chi connectivity index (χ1n) is 17.9. The molecule has 0 radical (unpaired) electrons. The molecule has 0 fully saturated rings. The predicted molar refractivity (Wildman–Crippen MR) is 182 cm³/mol. The normalized spacial score (nSPS) is 12.5. The van der Waals surface area contributed by atoms with Crippen molar-refractivity contribution in [2.75, 3.05) is 0 Å². The fourth-order valence-corrected chi connectivity index (χ4v) is 5.40. The molecule has 0 rings (SSSR count). The molecule has 0 aromatic heterocycles. The van der Waals surface area contributed by atoms with Gasteiger partial charge in [0, 0.05) is 0 Å². The molecule has 0 nitrogen and oxygen atoms in total. The monoisotopic (exact) mass is 541 g/mol. The molecular weight excluding hydrogens is 468 g/mol. The maximum Gasteiger partial charge on any atom is -0.0169 e. The summed E-state index contributed by atoms with van der Waals surface area (Å²) in [5, 5.41) is 0. The molecule has 0 spiro atoms. The van der Waals surface area contributed by atoms with Crippen molar-refractivity contribution in [2.45, 2.75) is 194 Å². The van der Waals surface area contributed by atoms with Gasteiger partial charge in [0.25, 0.3) is 0 Å². The topological polar surface area (TPSA) is 0 Å². The fourth-order valence-electron chi connectivity index (χ4n) is 5.40. The molecule has 0 heterocycles. The molecule has 228 valence electrons. The van der Waals surface area contributed by atoms with Gasteiger partial charge in [-0.3, -0.25) is 0 Å². The molecule has 0 bridgehead atoms. The first-order valence-corrected chi connectivity index (χ1v) is 17.9. The summed E-state index contributed by atoms with van der Waals surface area (Å²) in [4.78, 5) is 0. The Bertz CT molecular complexity index is 500. The summed E-state index contributed by atoms with van der Waals surface area (Å²) in [6.45, 7) is 6.96. The lowest BCUT2D eigenvalue weighted by molar-refractivity contribution is 0.392. The number of unbranched alkanes of at least 4 members (excludes halogenated alkanes) is 18. The number of allylic oxidation sites excluding steroid dienone is 8.